The molecule has 33 heavy (non-hydrogen) atoms. The van der Waals surface area contributed by atoms with Crippen LogP contribution in [0.1, 0.15) is 16.7 Å². The lowest BCUT2D eigenvalue weighted by Gasteiger charge is -2.33. The zero-order valence-corrected chi connectivity index (χ0v) is 18.7. The molecule has 1 saturated heterocycles. The van der Waals surface area contributed by atoms with Crippen molar-refractivity contribution in [2.45, 2.75) is 18.3 Å². The van der Waals surface area contributed by atoms with E-state index in [1.807, 2.05) is 37.3 Å². The van der Waals surface area contributed by atoms with Crippen molar-refractivity contribution in [2.24, 2.45) is 0 Å². The van der Waals surface area contributed by atoms with Crippen molar-refractivity contribution in [2.75, 3.05) is 22.5 Å². The number of anilines is 2. The quantitative estimate of drug-likeness (QED) is 0.575. The number of para-hydroxylation sites is 1. The Labute approximate surface area is 194 Å². The summed E-state index contributed by atoms with van der Waals surface area (Å²) < 4.78 is 27.8. The fraction of sp³-hybridized carbons (Fsp3) is 0.200. The van der Waals surface area contributed by atoms with Gasteiger partial charge in [-0.05, 0) is 36.8 Å². The highest BCUT2D eigenvalue weighted by molar-refractivity contribution is 8.01. The van der Waals surface area contributed by atoms with Crippen LogP contribution in [0, 0.1) is 18.6 Å². The van der Waals surface area contributed by atoms with Gasteiger partial charge >= 0.3 is 6.03 Å². The fourth-order valence-corrected chi connectivity index (χ4v) is 5.92. The van der Waals surface area contributed by atoms with Gasteiger partial charge < -0.3 is 10.2 Å². The zero-order valence-electron chi connectivity index (χ0n) is 17.8. The number of rotatable bonds is 3. The van der Waals surface area contributed by atoms with Gasteiger partial charge in [-0.1, -0.05) is 36.4 Å². The lowest BCUT2D eigenvalue weighted by molar-refractivity contribution is -0.123. The molecule has 0 saturated carbocycles. The van der Waals surface area contributed by atoms with E-state index in [1.165, 1.54) is 28.8 Å². The van der Waals surface area contributed by atoms with Crippen LogP contribution in [0.15, 0.2) is 66.7 Å². The van der Waals surface area contributed by atoms with Crippen molar-refractivity contribution >= 4 is 35.1 Å². The number of hydrogen-bond donors (Lipinski definition) is 1. The summed E-state index contributed by atoms with van der Waals surface area (Å²) in [6, 6.07) is 17.7. The minimum Gasteiger partial charge on any atom is -0.308 e. The maximum atomic E-state index is 14.4. The zero-order chi connectivity index (χ0) is 23.2. The molecular weight excluding hydrogens is 444 g/mol. The maximum absolute atomic E-state index is 14.4. The molecule has 1 atom stereocenters. The molecule has 0 radical (unpaired) electrons. The number of halogens is 2. The third kappa shape index (κ3) is 3.54. The van der Waals surface area contributed by atoms with Crippen LogP contribution >= 0.6 is 11.8 Å². The number of benzene rings is 3. The van der Waals surface area contributed by atoms with Gasteiger partial charge in [0.25, 0.3) is 5.91 Å². The number of urea groups is 1. The average molecular weight is 466 g/mol. The Bertz CT molecular complexity index is 1270. The number of fused-ring (bicyclic) bond motifs is 2. The van der Waals surface area contributed by atoms with E-state index in [4.69, 9.17) is 0 Å². The molecule has 2 aliphatic heterocycles. The van der Waals surface area contributed by atoms with Gasteiger partial charge in [0.2, 0.25) is 0 Å². The molecule has 0 aliphatic carbocycles. The highest BCUT2D eigenvalue weighted by Crippen LogP contribution is 2.54. The number of carbonyl (C=O) groups excluding carboxylic acids is 2. The van der Waals surface area contributed by atoms with Crippen molar-refractivity contribution in [3.05, 3.63) is 95.1 Å². The lowest BCUT2D eigenvalue weighted by Crippen LogP contribution is -2.51. The molecule has 1 N–H and O–H groups in total. The molecule has 5 rings (SSSR count). The summed E-state index contributed by atoms with van der Waals surface area (Å²) in [4.78, 5) is 29.0. The Balaban J connectivity index is 1.51. The molecule has 3 aromatic carbocycles. The summed E-state index contributed by atoms with van der Waals surface area (Å²) in [6.45, 7) is 2.27. The van der Waals surface area contributed by atoms with E-state index in [0.29, 0.717) is 29.2 Å². The summed E-state index contributed by atoms with van der Waals surface area (Å²) in [5.41, 5.74) is 3.17. The standard InChI is InChI=1S/C25H21F2N3O2S/c1-16-5-4-6-19(13-16)28-24(32)30-11-12-33-25(30)20-7-2-3-8-22(20)29(23(25)31)15-17-9-10-18(26)14-21(17)27/h2-10,13-14H,11-12,15H2,1H3,(H,28,32)/t25-/m1/s1. The van der Waals surface area contributed by atoms with Crippen molar-refractivity contribution < 1.29 is 18.4 Å². The summed E-state index contributed by atoms with van der Waals surface area (Å²) in [5.74, 6) is -1.12. The van der Waals surface area contributed by atoms with Crippen LogP contribution in [0.5, 0.6) is 0 Å². The molecule has 3 amide bonds. The number of thioether (sulfide) groups is 1. The monoisotopic (exact) mass is 465 g/mol. The van der Waals surface area contributed by atoms with E-state index in [-0.39, 0.29) is 24.0 Å². The molecule has 1 spiro atoms. The Hall–Kier alpha value is -3.39. The first-order valence-corrected chi connectivity index (χ1v) is 11.5. The van der Waals surface area contributed by atoms with Crippen molar-refractivity contribution in [1.29, 1.82) is 0 Å². The number of nitrogens with one attached hydrogen (secondary N) is 1. The van der Waals surface area contributed by atoms with Gasteiger partial charge in [-0.2, -0.15) is 0 Å². The Morgan fingerprint density at radius 2 is 1.91 bits per heavy atom. The molecule has 5 nitrogen and oxygen atoms in total. The van der Waals surface area contributed by atoms with Crippen LogP contribution < -0.4 is 10.2 Å². The number of aryl methyl sites for hydroxylation is 1. The SMILES string of the molecule is Cc1cccc(NC(=O)N2CCS[C@]23C(=O)N(Cc2ccc(F)cc2F)c2ccccc23)c1. The normalized spacial score (nSPS) is 19.3. The molecule has 2 aliphatic rings. The molecule has 1 fully saturated rings. The number of amides is 3. The van der Waals surface area contributed by atoms with Crippen LogP contribution in [0.2, 0.25) is 0 Å². The summed E-state index contributed by atoms with van der Waals surface area (Å²) in [7, 11) is 0. The van der Waals surface area contributed by atoms with E-state index >= 15 is 0 Å². The molecule has 0 unspecified atom stereocenters. The van der Waals surface area contributed by atoms with Crippen LogP contribution in [-0.4, -0.2) is 29.1 Å². The van der Waals surface area contributed by atoms with E-state index in [2.05, 4.69) is 5.32 Å². The van der Waals surface area contributed by atoms with Gasteiger partial charge in [0.15, 0.2) is 4.87 Å². The third-order valence-corrected chi connectivity index (χ3v) is 7.38. The first-order valence-electron chi connectivity index (χ1n) is 10.5. The number of carbonyl (C=O) groups is 2. The molecule has 8 heteroatoms. The van der Waals surface area contributed by atoms with Gasteiger partial charge in [0.1, 0.15) is 11.6 Å². The highest BCUT2D eigenvalue weighted by Gasteiger charge is 2.59. The number of nitrogens with zero attached hydrogens (tertiary/aromatic N) is 2. The van der Waals surface area contributed by atoms with E-state index in [1.54, 1.807) is 23.1 Å². The van der Waals surface area contributed by atoms with Gasteiger partial charge in [-0.15, -0.1) is 11.8 Å². The van der Waals surface area contributed by atoms with E-state index < -0.39 is 16.5 Å². The van der Waals surface area contributed by atoms with Gasteiger partial charge in [-0.3, -0.25) is 9.69 Å². The van der Waals surface area contributed by atoms with Crippen LogP contribution in [0.25, 0.3) is 0 Å². The summed E-state index contributed by atoms with van der Waals surface area (Å²) in [6.07, 6.45) is 0. The first kappa shape index (κ1) is 21.5. The lowest BCUT2D eigenvalue weighted by atomic mass is 10.1. The van der Waals surface area contributed by atoms with Gasteiger partial charge in [0, 0.05) is 35.2 Å². The minimum absolute atomic E-state index is 0.0579. The van der Waals surface area contributed by atoms with Crippen molar-refractivity contribution in [3.63, 3.8) is 0 Å². The average Bonchev–Trinajstić information content (AvgIpc) is 3.33. The van der Waals surface area contributed by atoms with Crippen LogP contribution in [0.3, 0.4) is 0 Å². The first-order chi connectivity index (χ1) is 15.9. The second-order valence-corrected chi connectivity index (χ2v) is 9.38. The van der Waals surface area contributed by atoms with Gasteiger partial charge in [-0.25, -0.2) is 13.6 Å². The Kier molecular flexibility index (Phi) is 5.32. The van der Waals surface area contributed by atoms with Crippen LogP contribution in [0.4, 0.5) is 25.0 Å². The summed E-state index contributed by atoms with van der Waals surface area (Å²) in [5, 5.41) is 2.91. The van der Waals surface area contributed by atoms with E-state index in [0.717, 1.165) is 11.6 Å². The third-order valence-electron chi connectivity index (χ3n) is 5.96. The predicted molar refractivity (Wildman–Crippen MR) is 125 cm³/mol. The molecule has 0 aromatic heterocycles. The molecule has 3 aromatic rings. The van der Waals surface area contributed by atoms with Crippen molar-refractivity contribution in [3.8, 4) is 0 Å². The molecule has 0 bridgehead atoms. The largest absolute Gasteiger partial charge is 0.323 e. The maximum Gasteiger partial charge on any atom is 0.323 e. The predicted octanol–water partition coefficient (Wildman–Crippen LogP) is 5.25. The van der Waals surface area contributed by atoms with Crippen LogP contribution in [-0.2, 0) is 16.2 Å². The Morgan fingerprint density at radius 1 is 1.09 bits per heavy atom. The van der Waals surface area contributed by atoms with Gasteiger partial charge in [0.05, 0.1) is 12.2 Å². The highest BCUT2D eigenvalue weighted by atomic mass is 32.2. The second-order valence-electron chi connectivity index (χ2n) is 8.09. The van der Waals surface area contributed by atoms with Crippen molar-refractivity contribution in [1.82, 2.24) is 4.90 Å². The minimum atomic E-state index is -1.24. The smallest absolute Gasteiger partial charge is 0.308 e. The molecule has 2 heterocycles. The topological polar surface area (TPSA) is 52.7 Å². The second kappa shape index (κ2) is 8.19. The molecular formula is C25H21F2N3O2S. The molecule has 168 valence electrons. The summed E-state index contributed by atoms with van der Waals surface area (Å²) >= 11 is 1.39. The number of hydrogen-bond acceptors (Lipinski definition) is 3. The Morgan fingerprint density at radius 3 is 2.70 bits per heavy atom. The van der Waals surface area contributed by atoms with E-state index in [9.17, 15) is 18.4 Å². The fourth-order valence-electron chi connectivity index (χ4n) is 4.46.